The molecule has 2 atom stereocenters. The number of halogens is 1. The van der Waals surface area contributed by atoms with Crippen molar-refractivity contribution >= 4 is 21.8 Å². The second-order valence-corrected chi connectivity index (χ2v) is 5.77. The summed E-state index contributed by atoms with van der Waals surface area (Å²) in [6, 6.07) is 3.16. The molecule has 0 unspecified atom stereocenters. The van der Waals surface area contributed by atoms with E-state index in [9.17, 15) is 9.59 Å². The number of hydrogen-bond donors (Lipinski definition) is 0. The number of amides is 1. The second-order valence-electron chi connectivity index (χ2n) is 4.85. The maximum absolute atomic E-state index is 12.3. The lowest BCUT2D eigenvalue weighted by molar-refractivity contribution is -0.143. The highest BCUT2D eigenvalue weighted by molar-refractivity contribution is 9.10. The molecule has 1 aromatic rings. The molecule has 1 aliphatic rings. The van der Waals surface area contributed by atoms with Crippen molar-refractivity contribution in [1.82, 2.24) is 9.47 Å². The average Bonchev–Trinajstić information content (AvgIpc) is 2.36. The SMILES string of the molecule is C[C@@H]1CO[C@@H](C)CN1C(=O)Cn1cc(Br)ccc1=O. The molecule has 1 fully saturated rings. The van der Waals surface area contributed by atoms with Gasteiger partial charge in [-0.25, -0.2) is 0 Å². The summed E-state index contributed by atoms with van der Waals surface area (Å²) in [5.74, 6) is -0.0529. The Kier molecular flexibility index (Phi) is 4.42. The molecule has 0 saturated carbocycles. The molecule has 104 valence electrons. The van der Waals surface area contributed by atoms with Crippen LogP contribution in [0, 0.1) is 0 Å². The maximum Gasteiger partial charge on any atom is 0.251 e. The van der Waals surface area contributed by atoms with Gasteiger partial charge < -0.3 is 14.2 Å². The molecule has 1 amide bonds. The molecule has 0 aliphatic carbocycles. The average molecular weight is 329 g/mol. The molecule has 0 bridgehead atoms. The summed E-state index contributed by atoms with van der Waals surface area (Å²) in [5.41, 5.74) is -0.175. The Morgan fingerprint density at radius 1 is 1.47 bits per heavy atom. The minimum atomic E-state index is -0.175. The lowest BCUT2D eigenvalue weighted by Crippen LogP contribution is -2.51. The maximum atomic E-state index is 12.3. The zero-order chi connectivity index (χ0) is 14.0. The van der Waals surface area contributed by atoms with Crippen molar-refractivity contribution in [1.29, 1.82) is 0 Å². The molecule has 5 nitrogen and oxygen atoms in total. The third kappa shape index (κ3) is 3.45. The van der Waals surface area contributed by atoms with Crippen molar-refractivity contribution < 1.29 is 9.53 Å². The van der Waals surface area contributed by atoms with Gasteiger partial charge in [0.25, 0.3) is 5.56 Å². The summed E-state index contributed by atoms with van der Waals surface area (Å²) < 4.78 is 7.69. The lowest BCUT2D eigenvalue weighted by Gasteiger charge is -2.36. The summed E-state index contributed by atoms with van der Waals surface area (Å²) in [7, 11) is 0. The molecular formula is C13H17BrN2O3. The Balaban J connectivity index is 2.12. The first-order valence-corrected chi connectivity index (χ1v) is 7.03. The number of carbonyl (C=O) groups excluding carboxylic acids is 1. The van der Waals surface area contributed by atoms with Gasteiger partial charge in [0, 0.05) is 23.3 Å². The second kappa shape index (κ2) is 5.88. The van der Waals surface area contributed by atoms with E-state index in [0.29, 0.717) is 13.2 Å². The molecule has 0 radical (unpaired) electrons. The van der Waals surface area contributed by atoms with E-state index in [4.69, 9.17) is 4.74 Å². The van der Waals surface area contributed by atoms with E-state index in [2.05, 4.69) is 15.9 Å². The van der Waals surface area contributed by atoms with Gasteiger partial charge in [-0.3, -0.25) is 9.59 Å². The Bertz CT molecular complexity index is 529. The molecule has 0 N–H and O–H groups in total. The Labute approximate surface area is 120 Å². The predicted molar refractivity (Wildman–Crippen MR) is 75.0 cm³/mol. The van der Waals surface area contributed by atoms with E-state index in [0.717, 1.165) is 4.47 Å². The number of rotatable bonds is 2. The van der Waals surface area contributed by atoms with E-state index < -0.39 is 0 Å². The van der Waals surface area contributed by atoms with Crippen molar-refractivity contribution in [3.63, 3.8) is 0 Å². The van der Waals surface area contributed by atoms with Gasteiger partial charge >= 0.3 is 0 Å². The van der Waals surface area contributed by atoms with Crippen molar-refractivity contribution in [3.05, 3.63) is 33.2 Å². The van der Waals surface area contributed by atoms with Gasteiger partial charge in [-0.05, 0) is 35.8 Å². The van der Waals surface area contributed by atoms with Crippen LogP contribution in [-0.4, -0.2) is 40.7 Å². The van der Waals surface area contributed by atoms with Crippen LogP contribution >= 0.6 is 15.9 Å². The highest BCUT2D eigenvalue weighted by atomic mass is 79.9. The van der Waals surface area contributed by atoms with Crippen LogP contribution in [0.25, 0.3) is 0 Å². The summed E-state index contributed by atoms with van der Waals surface area (Å²) >= 11 is 3.30. The molecule has 0 aromatic carbocycles. The van der Waals surface area contributed by atoms with Gasteiger partial charge in [-0.2, -0.15) is 0 Å². The van der Waals surface area contributed by atoms with Crippen molar-refractivity contribution in [2.24, 2.45) is 0 Å². The fourth-order valence-corrected chi connectivity index (χ4v) is 2.49. The number of morpholine rings is 1. The topological polar surface area (TPSA) is 51.5 Å². The van der Waals surface area contributed by atoms with Crippen molar-refractivity contribution in [2.75, 3.05) is 13.2 Å². The van der Waals surface area contributed by atoms with Crippen molar-refractivity contribution in [2.45, 2.75) is 32.5 Å². The Hall–Kier alpha value is -1.14. The van der Waals surface area contributed by atoms with Crippen LogP contribution in [0.4, 0.5) is 0 Å². The zero-order valence-electron chi connectivity index (χ0n) is 11.0. The molecule has 19 heavy (non-hydrogen) atoms. The van der Waals surface area contributed by atoms with E-state index in [1.807, 2.05) is 13.8 Å². The number of nitrogens with zero attached hydrogens (tertiary/aromatic N) is 2. The van der Waals surface area contributed by atoms with Crippen LogP contribution in [0.15, 0.2) is 27.6 Å². The number of pyridine rings is 1. The fraction of sp³-hybridized carbons (Fsp3) is 0.538. The van der Waals surface area contributed by atoms with Gasteiger partial charge in [0.05, 0.1) is 18.8 Å². The number of aromatic nitrogens is 1. The highest BCUT2D eigenvalue weighted by Gasteiger charge is 2.27. The summed E-state index contributed by atoms with van der Waals surface area (Å²) in [6.45, 7) is 5.07. The largest absolute Gasteiger partial charge is 0.375 e. The van der Waals surface area contributed by atoms with Gasteiger partial charge in [-0.15, -0.1) is 0 Å². The molecule has 1 aliphatic heterocycles. The van der Waals surface area contributed by atoms with Crippen LogP contribution in [0.1, 0.15) is 13.8 Å². The van der Waals surface area contributed by atoms with Crippen molar-refractivity contribution in [3.8, 4) is 0 Å². The summed E-state index contributed by atoms with van der Waals surface area (Å²) in [4.78, 5) is 25.7. The fourth-order valence-electron chi connectivity index (χ4n) is 2.11. The lowest BCUT2D eigenvalue weighted by atomic mass is 10.2. The first-order valence-electron chi connectivity index (χ1n) is 6.24. The molecule has 6 heteroatoms. The highest BCUT2D eigenvalue weighted by Crippen LogP contribution is 2.12. The summed E-state index contributed by atoms with van der Waals surface area (Å²) in [6.07, 6.45) is 1.67. The first kappa shape index (κ1) is 14.3. The smallest absolute Gasteiger partial charge is 0.251 e. The predicted octanol–water partition coefficient (Wildman–Crippen LogP) is 1.25. The third-order valence-corrected chi connectivity index (χ3v) is 3.65. The molecular weight excluding hydrogens is 312 g/mol. The number of hydrogen-bond acceptors (Lipinski definition) is 3. The van der Waals surface area contributed by atoms with Gasteiger partial charge in [-0.1, -0.05) is 0 Å². The summed E-state index contributed by atoms with van der Waals surface area (Å²) in [5, 5.41) is 0. The van der Waals surface area contributed by atoms with E-state index in [-0.39, 0.29) is 30.2 Å². The molecule has 2 rings (SSSR count). The third-order valence-electron chi connectivity index (χ3n) is 3.18. The zero-order valence-corrected chi connectivity index (χ0v) is 12.6. The minimum absolute atomic E-state index is 0.0411. The van der Waals surface area contributed by atoms with Gasteiger partial charge in [0.2, 0.25) is 5.91 Å². The van der Waals surface area contributed by atoms with Crippen LogP contribution in [0.2, 0.25) is 0 Å². The minimum Gasteiger partial charge on any atom is -0.375 e. The standard InChI is InChI=1S/C13H17BrN2O3/c1-9-8-19-10(2)5-16(9)13(18)7-15-6-11(14)3-4-12(15)17/h3-4,6,9-10H,5,7-8H2,1-2H3/t9-,10+/m1/s1. The first-order chi connectivity index (χ1) is 8.97. The Morgan fingerprint density at radius 3 is 2.95 bits per heavy atom. The molecule has 1 saturated heterocycles. The van der Waals surface area contributed by atoms with Crippen LogP contribution in [0.5, 0.6) is 0 Å². The monoisotopic (exact) mass is 328 g/mol. The van der Waals surface area contributed by atoms with E-state index in [1.54, 1.807) is 17.2 Å². The van der Waals surface area contributed by atoms with Gasteiger partial charge in [0.15, 0.2) is 0 Å². The number of carbonyl (C=O) groups is 1. The van der Waals surface area contributed by atoms with Crippen LogP contribution in [-0.2, 0) is 16.1 Å². The van der Waals surface area contributed by atoms with Gasteiger partial charge in [0.1, 0.15) is 6.54 Å². The van der Waals surface area contributed by atoms with Crippen LogP contribution < -0.4 is 5.56 Å². The van der Waals surface area contributed by atoms with E-state index in [1.165, 1.54) is 10.6 Å². The molecule has 2 heterocycles. The van der Waals surface area contributed by atoms with Crippen LogP contribution in [0.3, 0.4) is 0 Å². The quantitative estimate of drug-likeness (QED) is 0.821. The number of ether oxygens (including phenoxy) is 1. The molecule has 0 spiro atoms. The van der Waals surface area contributed by atoms with E-state index >= 15 is 0 Å². The molecule has 1 aromatic heterocycles. The normalized spacial score (nSPS) is 23.4. The Morgan fingerprint density at radius 2 is 2.21 bits per heavy atom.